The lowest BCUT2D eigenvalue weighted by Crippen LogP contribution is -2.33. The zero-order valence-corrected chi connectivity index (χ0v) is 14.7. The number of carbonyl (C=O) groups excluding carboxylic acids is 1. The van der Waals surface area contributed by atoms with E-state index in [1.54, 1.807) is 43.3 Å². The fraction of sp³-hybridized carbons (Fsp3) is 0.176. The van der Waals surface area contributed by atoms with Crippen LogP contribution in [0.15, 0.2) is 42.5 Å². The Kier molecular flexibility index (Phi) is 5.04. The van der Waals surface area contributed by atoms with Gasteiger partial charge in [0, 0.05) is 16.8 Å². The van der Waals surface area contributed by atoms with Crippen molar-refractivity contribution in [1.82, 2.24) is 10.1 Å². The van der Waals surface area contributed by atoms with E-state index in [9.17, 15) is 10.0 Å². The monoisotopic (exact) mass is 374 g/mol. The standard InChI is InChI=1S/C17H15ClN4O4/c1-10(16(23)25-2)26-13-6-4-12(5-7-13)19-17-20-14-8-3-11(18)9-15(14)22(24)21-17/h3-10H,1-2H3,(H,19,20,21). The third kappa shape index (κ3) is 3.92. The van der Waals surface area contributed by atoms with Gasteiger partial charge in [0.05, 0.1) is 12.2 Å². The van der Waals surface area contributed by atoms with E-state index in [2.05, 4.69) is 20.1 Å². The van der Waals surface area contributed by atoms with Gasteiger partial charge in [-0.05, 0) is 48.2 Å². The number of hydrogen-bond donors (Lipinski definition) is 1. The number of esters is 1. The molecule has 1 atom stereocenters. The third-order valence-corrected chi connectivity index (χ3v) is 3.75. The minimum Gasteiger partial charge on any atom is -0.594 e. The number of methoxy groups -OCH3 is 1. The number of fused-ring (bicyclic) bond motifs is 1. The molecule has 0 aliphatic rings. The van der Waals surface area contributed by atoms with Gasteiger partial charge in [0.25, 0.3) is 11.5 Å². The summed E-state index contributed by atoms with van der Waals surface area (Å²) in [6.07, 6.45) is -0.714. The molecule has 3 rings (SSSR count). The normalized spacial score (nSPS) is 11.8. The van der Waals surface area contributed by atoms with Crippen LogP contribution in [-0.2, 0) is 9.53 Å². The second-order valence-corrected chi connectivity index (χ2v) is 5.81. The van der Waals surface area contributed by atoms with Crippen molar-refractivity contribution in [2.75, 3.05) is 12.4 Å². The molecule has 8 nitrogen and oxygen atoms in total. The van der Waals surface area contributed by atoms with Crippen molar-refractivity contribution in [2.45, 2.75) is 13.0 Å². The first kappa shape index (κ1) is 17.7. The molecular weight excluding hydrogens is 360 g/mol. The fourth-order valence-electron chi connectivity index (χ4n) is 2.24. The summed E-state index contributed by atoms with van der Waals surface area (Å²) in [6.45, 7) is 1.60. The molecule has 3 aromatic rings. The van der Waals surface area contributed by atoms with Gasteiger partial charge in [0.2, 0.25) is 0 Å². The molecule has 1 N–H and O–H groups in total. The number of anilines is 2. The number of nitrogens with zero attached hydrogens (tertiary/aromatic N) is 3. The van der Waals surface area contributed by atoms with Gasteiger partial charge >= 0.3 is 5.97 Å². The summed E-state index contributed by atoms with van der Waals surface area (Å²) in [4.78, 5) is 16.1. The van der Waals surface area contributed by atoms with Gasteiger partial charge in [-0.25, -0.2) is 9.78 Å². The highest BCUT2D eigenvalue weighted by molar-refractivity contribution is 6.31. The van der Waals surface area contributed by atoms with Crippen LogP contribution in [0.2, 0.25) is 5.02 Å². The van der Waals surface area contributed by atoms with Crippen LogP contribution in [0.5, 0.6) is 5.75 Å². The number of hydrogen-bond acceptors (Lipinski definition) is 7. The highest BCUT2D eigenvalue weighted by Gasteiger charge is 2.15. The lowest BCUT2D eigenvalue weighted by molar-refractivity contribution is -0.641. The van der Waals surface area contributed by atoms with Crippen LogP contribution in [-0.4, -0.2) is 29.3 Å². The van der Waals surface area contributed by atoms with Crippen LogP contribution in [0.25, 0.3) is 11.0 Å². The van der Waals surface area contributed by atoms with E-state index in [0.29, 0.717) is 26.8 Å². The summed E-state index contributed by atoms with van der Waals surface area (Å²) < 4.78 is 10.1. The third-order valence-electron chi connectivity index (χ3n) is 3.51. The van der Waals surface area contributed by atoms with E-state index < -0.39 is 12.1 Å². The van der Waals surface area contributed by atoms with Gasteiger partial charge in [-0.15, -0.1) is 0 Å². The molecule has 0 spiro atoms. The summed E-state index contributed by atoms with van der Waals surface area (Å²) in [6, 6.07) is 11.6. The highest BCUT2D eigenvalue weighted by atomic mass is 35.5. The van der Waals surface area contributed by atoms with Crippen molar-refractivity contribution in [3.8, 4) is 5.75 Å². The number of ether oxygens (including phenoxy) is 2. The number of carbonyl (C=O) groups is 1. The first-order valence-electron chi connectivity index (χ1n) is 7.65. The number of rotatable bonds is 5. The quantitative estimate of drug-likeness (QED) is 0.416. The molecule has 1 aromatic heterocycles. The van der Waals surface area contributed by atoms with Crippen LogP contribution < -0.4 is 14.9 Å². The molecule has 2 aromatic carbocycles. The summed E-state index contributed by atoms with van der Waals surface area (Å²) in [5.74, 6) is 0.185. The zero-order chi connectivity index (χ0) is 18.7. The smallest absolute Gasteiger partial charge is 0.346 e. The molecule has 0 radical (unpaired) electrons. The number of aromatic nitrogens is 3. The molecule has 0 saturated carbocycles. The first-order valence-corrected chi connectivity index (χ1v) is 8.03. The van der Waals surface area contributed by atoms with Crippen molar-refractivity contribution in [1.29, 1.82) is 0 Å². The second-order valence-electron chi connectivity index (χ2n) is 5.37. The van der Waals surface area contributed by atoms with E-state index in [1.165, 1.54) is 13.2 Å². The topological polar surface area (TPSA) is 100 Å². The Labute approximate surface area is 153 Å². The zero-order valence-electron chi connectivity index (χ0n) is 14.0. The summed E-state index contributed by atoms with van der Waals surface area (Å²) in [7, 11) is 1.30. The van der Waals surface area contributed by atoms with Gasteiger partial charge in [0.15, 0.2) is 6.10 Å². The average Bonchev–Trinajstić information content (AvgIpc) is 2.63. The van der Waals surface area contributed by atoms with Crippen molar-refractivity contribution in [3.63, 3.8) is 0 Å². The molecule has 0 bridgehead atoms. The molecular formula is C17H15ClN4O4. The fourth-order valence-corrected chi connectivity index (χ4v) is 2.40. The summed E-state index contributed by atoms with van der Waals surface area (Å²) in [5, 5.41) is 19.2. The first-order chi connectivity index (χ1) is 12.5. The second kappa shape index (κ2) is 7.40. The molecule has 0 aliphatic carbocycles. The van der Waals surface area contributed by atoms with Gasteiger partial charge in [0.1, 0.15) is 11.3 Å². The van der Waals surface area contributed by atoms with Crippen molar-refractivity contribution >= 4 is 40.2 Å². The summed E-state index contributed by atoms with van der Waals surface area (Å²) in [5.41, 5.74) is 1.40. The minimum absolute atomic E-state index is 0.145. The molecule has 0 saturated heterocycles. The maximum absolute atomic E-state index is 12.0. The average molecular weight is 375 g/mol. The molecule has 1 unspecified atom stereocenters. The maximum atomic E-state index is 12.0. The number of halogens is 1. The van der Waals surface area contributed by atoms with Gasteiger partial charge < -0.3 is 20.0 Å². The lowest BCUT2D eigenvalue weighted by atomic mass is 10.3. The molecule has 9 heteroatoms. The molecule has 0 amide bonds. The SMILES string of the molecule is COC(=O)C(C)Oc1ccc(Nc2nc3ccc(Cl)cc3[n+]([O-])n2)cc1. The Balaban J connectivity index is 1.76. The molecule has 134 valence electrons. The maximum Gasteiger partial charge on any atom is 0.346 e. The van der Waals surface area contributed by atoms with Crippen molar-refractivity contribution < 1.29 is 19.1 Å². The van der Waals surface area contributed by atoms with E-state index in [0.717, 1.165) is 0 Å². The predicted octanol–water partition coefficient (Wildman–Crippen LogP) is 2.60. The van der Waals surface area contributed by atoms with Crippen molar-refractivity contribution in [3.05, 3.63) is 52.7 Å². The Hall–Kier alpha value is -3.13. The lowest BCUT2D eigenvalue weighted by Gasteiger charge is -2.12. The number of benzene rings is 2. The molecule has 26 heavy (non-hydrogen) atoms. The molecule has 0 fully saturated rings. The highest BCUT2D eigenvalue weighted by Crippen LogP contribution is 2.20. The van der Waals surface area contributed by atoms with E-state index in [4.69, 9.17) is 16.3 Å². The summed E-state index contributed by atoms with van der Waals surface area (Å²) >= 11 is 5.88. The van der Waals surface area contributed by atoms with Crippen LogP contribution in [0.1, 0.15) is 6.92 Å². The van der Waals surface area contributed by atoms with Crippen LogP contribution in [0.4, 0.5) is 11.6 Å². The predicted molar refractivity (Wildman–Crippen MR) is 95.3 cm³/mol. The van der Waals surface area contributed by atoms with Crippen LogP contribution in [0.3, 0.4) is 0 Å². The van der Waals surface area contributed by atoms with Gasteiger partial charge in [-0.3, -0.25) is 0 Å². The van der Waals surface area contributed by atoms with E-state index >= 15 is 0 Å². The van der Waals surface area contributed by atoms with Crippen LogP contribution in [0, 0.1) is 5.21 Å². The van der Waals surface area contributed by atoms with Gasteiger partial charge in [-0.2, -0.15) is 0 Å². The Morgan fingerprint density at radius 1 is 1.27 bits per heavy atom. The van der Waals surface area contributed by atoms with Crippen LogP contribution >= 0.6 is 11.6 Å². The van der Waals surface area contributed by atoms with Gasteiger partial charge in [-0.1, -0.05) is 11.6 Å². The molecule has 1 heterocycles. The Bertz CT molecular complexity index is 949. The van der Waals surface area contributed by atoms with Crippen molar-refractivity contribution in [2.24, 2.45) is 0 Å². The minimum atomic E-state index is -0.714. The largest absolute Gasteiger partial charge is 0.594 e. The van der Waals surface area contributed by atoms with E-state index in [-0.39, 0.29) is 11.5 Å². The Morgan fingerprint density at radius 2 is 2.00 bits per heavy atom. The Morgan fingerprint density at radius 3 is 2.69 bits per heavy atom. The van der Waals surface area contributed by atoms with E-state index in [1.807, 2.05) is 0 Å². The number of nitrogens with one attached hydrogen (secondary N) is 1. The molecule has 0 aliphatic heterocycles.